The maximum Gasteiger partial charge on any atom is 0.374 e. The van der Waals surface area contributed by atoms with Crippen LogP contribution in [0.1, 0.15) is 20.8 Å². The molecule has 0 aliphatic carbocycles. The zero-order valence-electron chi connectivity index (χ0n) is 11.0. The van der Waals surface area contributed by atoms with Crippen LogP contribution in [0.4, 0.5) is 0 Å². The lowest BCUT2D eigenvalue weighted by Crippen LogP contribution is -2.34. The van der Waals surface area contributed by atoms with Gasteiger partial charge < -0.3 is 9.26 Å². The third kappa shape index (κ3) is 6.40. The molecule has 2 atom stereocenters. The highest BCUT2D eigenvalue weighted by Crippen LogP contribution is 2.51. The van der Waals surface area contributed by atoms with Crippen LogP contribution in [0.15, 0.2) is 30.3 Å². The number of carbonyl (C=O) groups excluding carboxylic acids is 1. The maximum absolute atomic E-state index is 12.2. The molecule has 0 bridgehead atoms. The zero-order chi connectivity index (χ0) is 14.5. The van der Waals surface area contributed by atoms with Crippen LogP contribution < -0.4 is 9.61 Å². The van der Waals surface area contributed by atoms with E-state index in [2.05, 4.69) is 5.09 Å². The molecule has 0 saturated carbocycles. The van der Waals surface area contributed by atoms with E-state index < -0.39 is 17.2 Å². The largest absolute Gasteiger partial charge is 0.462 e. The molecule has 106 valence electrons. The Morgan fingerprint density at radius 1 is 1.26 bits per heavy atom. The Morgan fingerprint density at radius 2 is 1.84 bits per heavy atom. The Morgan fingerprint density at radius 3 is 2.37 bits per heavy atom. The SMILES string of the molecule is CC(C)OC(=O)C(C)NP(=O)(I)Oc1ccccc1. The van der Waals surface area contributed by atoms with Crippen LogP contribution in [-0.2, 0) is 14.1 Å². The van der Waals surface area contributed by atoms with Crippen LogP contribution in [0, 0.1) is 0 Å². The van der Waals surface area contributed by atoms with Gasteiger partial charge in [0, 0.05) is 0 Å². The molecule has 1 rings (SSSR count). The summed E-state index contributed by atoms with van der Waals surface area (Å²) in [6, 6.07) is 8.09. The van der Waals surface area contributed by atoms with Crippen molar-refractivity contribution in [2.45, 2.75) is 32.9 Å². The van der Waals surface area contributed by atoms with Gasteiger partial charge in [0.2, 0.25) is 0 Å². The number of esters is 1. The number of rotatable bonds is 6. The predicted octanol–water partition coefficient (Wildman–Crippen LogP) is 3.54. The number of benzene rings is 1. The van der Waals surface area contributed by atoms with E-state index in [9.17, 15) is 9.36 Å². The standard InChI is InChI=1S/C12H17INO4P/c1-9(2)17-12(15)10(3)14-19(13,16)18-11-7-5-4-6-8-11/h4-10H,1-3H3,(H,14,16). The number of carbonyl (C=O) groups is 1. The number of hydrogen-bond acceptors (Lipinski definition) is 4. The molecule has 5 nitrogen and oxygen atoms in total. The van der Waals surface area contributed by atoms with Crippen LogP contribution in [0.25, 0.3) is 0 Å². The minimum Gasteiger partial charge on any atom is -0.462 e. The van der Waals surface area contributed by atoms with Gasteiger partial charge in [0.05, 0.1) is 28.1 Å². The Bertz CT molecular complexity index is 466. The average molecular weight is 397 g/mol. The smallest absolute Gasteiger partial charge is 0.374 e. The summed E-state index contributed by atoms with van der Waals surface area (Å²) in [7, 11) is 0. The van der Waals surface area contributed by atoms with Crippen molar-refractivity contribution in [3.8, 4) is 5.75 Å². The first-order valence-electron chi connectivity index (χ1n) is 5.83. The summed E-state index contributed by atoms with van der Waals surface area (Å²) in [5.74, 6) is 0.0284. The molecule has 1 aromatic rings. The molecule has 1 N–H and O–H groups in total. The van der Waals surface area contributed by atoms with Crippen LogP contribution >= 0.6 is 27.2 Å². The number of hydrogen-bond donors (Lipinski definition) is 1. The van der Waals surface area contributed by atoms with E-state index in [-0.39, 0.29) is 6.10 Å². The molecule has 19 heavy (non-hydrogen) atoms. The molecule has 0 aromatic heterocycles. The zero-order valence-corrected chi connectivity index (χ0v) is 14.1. The molecule has 0 aliphatic rings. The summed E-state index contributed by atoms with van der Waals surface area (Å²) in [4.78, 5) is 11.6. The van der Waals surface area contributed by atoms with Gasteiger partial charge in [0.15, 0.2) is 0 Å². The number of halogens is 1. The molecule has 0 amide bonds. The highest BCUT2D eigenvalue weighted by molar-refractivity contribution is 14.2. The lowest BCUT2D eigenvalue weighted by molar-refractivity contribution is -0.148. The van der Waals surface area contributed by atoms with Gasteiger partial charge in [-0.25, -0.2) is 9.65 Å². The van der Waals surface area contributed by atoms with Gasteiger partial charge in [0.1, 0.15) is 11.8 Å². The predicted molar refractivity (Wildman–Crippen MR) is 82.5 cm³/mol. The second-order valence-corrected chi connectivity index (χ2v) is 9.43. The van der Waals surface area contributed by atoms with Crippen molar-refractivity contribution >= 4 is 33.2 Å². The van der Waals surface area contributed by atoms with Crippen LogP contribution in [0.5, 0.6) is 5.75 Å². The molecule has 7 heteroatoms. The molecular weight excluding hydrogens is 380 g/mol. The number of nitrogens with one attached hydrogen (secondary N) is 1. The van der Waals surface area contributed by atoms with E-state index >= 15 is 0 Å². The monoisotopic (exact) mass is 397 g/mol. The molecule has 0 heterocycles. The number of para-hydroxylation sites is 1. The third-order valence-corrected chi connectivity index (χ3v) is 4.59. The van der Waals surface area contributed by atoms with Crippen molar-refractivity contribution in [3.63, 3.8) is 0 Å². The summed E-state index contributed by atoms with van der Waals surface area (Å²) in [5, 5.41) is -0.493. The Kier molecular flexibility index (Phi) is 6.29. The summed E-state index contributed by atoms with van der Waals surface area (Å²) >= 11 is 1.68. The minimum absolute atomic E-state index is 0.208. The fraction of sp³-hybridized carbons (Fsp3) is 0.417. The summed E-state index contributed by atoms with van der Waals surface area (Å²) in [6.07, 6.45) is -0.208. The van der Waals surface area contributed by atoms with Crippen LogP contribution in [-0.4, -0.2) is 18.1 Å². The molecule has 0 saturated heterocycles. The molecular formula is C12H17INO4P. The Hall–Kier alpha value is -0.590. The summed E-state index contributed by atoms with van der Waals surface area (Å²) < 4.78 is 22.6. The van der Waals surface area contributed by atoms with Crippen molar-refractivity contribution in [3.05, 3.63) is 30.3 Å². The lowest BCUT2D eigenvalue weighted by Gasteiger charge is -2.19. The molecule has 0 aliphatic heterocycles. The first-order chi connectivity index (χ1) is 8.80. The first kappa shape index (κ1) is 16.5. The van der Waals surface area contributed by atoms with Gasteiger partial charge in [-0.1, -0.05) is 18.2 Å². The van der Waals surface area contributed by atoms with Gasteiger partial charge in [0.25, 0.3) is 0 Å². The van der Waals surface area contributed by atoms with Gasteiger partial charge in [-0.3, -0.25) is 4.79 Å². The van der Waals surface area contributed by atoms with Gasteiger partial charge in [-0.05, 0) is 32.9 Å². The second kappa shape index (κ2) is 7.26. The van der Waals surface area contributed by atoms with Crippen molar-refractivity contribution in [1.29, 1.82) is 0 Å². The maximum atomic E-state index is 12.2. The van der Waals surface area contributed by atoms with E-state index in [1.807, 2.05) is 6.07 Å². The quantitative estimate of drug-likeness (QED) is 0.452. The molecule has 0 radical (unpaired) electrons. The van der Waals surface area contributed by atoms with Crippen molar-refractivity contribution < 1.29 is 18.6 Å². The minimum atomic E-state index is -3.15. The highest BCUT2D eigenvalue weighted by atomic mass is 127. The van der Waals surface area contributed by atoms with Gasteiger partial charge in [-0.2, -0.15) is 0 Å². The lowest BCUT2D eigenvalue weighted by atomic mass is 10.3. The molecule has 2 unspecified atom stereocenters. The average Bonchev–Trinajstić information content (AvgIpc) is 2.27. The van der Waals surface area contributed by atoms with Crippen LogP contribution in [0.3, 0.4) is 0 Å². The second-order valence-electron chi connectivity index (χ2n) is 4.22. The normalized spacial score (nSPS) is 15.6. The van der Waals surface area contributed by atoms with E-state index in [0.29, 0.717) is 5.75 Å². The van der Waals surface area contributed by atoms with E-state index in [1.165, 1.54) is 0 Å². The molecule has 1 aromatic carbocycles. The fourth-order valence-corrected chi connectivity index (χ4v) is 4.21. The topological polar surface area (TPSA) is 64.6 Å². The highest BCUT2D eigenvalue weighted by Gasteiger charge is 2.27. The Balaban J connectivity index is 2.59. The van der Waals surface area contributed by atoms with E-state index in [1.54, 1.807) is 67.1 Å². The first-order valence-corrected chi connectivity index (χ1v) is 10.2. The van der Waals surface area contributed by atoms with Crippen LogP contribution in [0.2, 0.25) is 0 Å². The Labute approximate surface area is 126 Å². The van der Waals surface area contributed by atoms with Crippen molar-refractivity contribution in [2.24, 2.45) is 0 Å². The van der Waals surface area contributed by atoms with Gasteiger partial charge in [-0.15, -0.1) is 0 Å². The van der Waals surface area contributed by atoms with Gasteiger partial charge >= 0.3 is 11.1 Å². The molecule has 0 spiro atoms. The summed E-state index contributed by atoms with van der Waals surface area (Å²) in [5.41, 5.74) is 0. The summed E-state index contributed by atoms with van der Waals surface area (Å²) in [6.45, 7) is 5.11. The third-order valence-electron chi connectivity index (χ3n) is 2.02. The fourth-order valence-electron chi connectivity index (χ4n) is 1.26. The van der Waals surface area contributed by atoms with E-state index in [4.69, 9.17) is 9.26 Å². The number of ether oxygens (including phenoxy) is 1. The van der Waals surface area contributed by atoms with Crippen molar-refractivity contribution in [1.82, 2.24) is 5.09 Å². The van der Waals surface area contributed by atoms with Crippen molar-refractivity contribution in [2.75, 3.05) is 0 Å². The molecule has 0 fully saturated rings. The van der Waals surface area contributed by atoms with E-state index in [0.717, 1.165) is 0 Å².